The van der Waals surface area contributed by atoms with E-state index in [2.05, 4.69) is 38.0 Å². The van der Waals surface area contributed by atoms with E-state index in [0.717, 1.165) is 37.5 Å². The number of nitrogens with zero attached hydrogens (tertiary/aromatic N) is 2. The summed E-state index contributed by atoms with van der Waals surface area (Å²) in [4.78, 5) is 9.29. The highest BCUT2D eigenvalue weighted by atomic mass is 14.9. The number of hydrogen-bond donors (Lipinski definition) is 1. The van der Waals surface area contributed by atoms with Gasteiger partial charge in [-0.25, -0.2) is 9.97 Å². The third-order valence-corrected chi connectivity index (χ3v) is 3.76. The largest absolute Gasteiger partial charge is 0.314 e. The molecule has 3 heteroatoms. The lowest BCUT2D eigenvalue weighted by atomic mass is 9.85. The van der Waals surface area contributed by atoms with Gasteiger partial charge in [0.05, 0.1) is 0 Å². The van der Waals surface area contributed by atoms with Crippen LogP contribution in [0, 0.1) is 12.8 Å². The van der Waals surface area contributed by atoms with Crippen molar-refractivity contribution < 1.29 is 0 Å². The predicted octanol–water partition coefficient (Wildman–Crippen LogP) is 2.45. The van der Waals surface area contributed by atoms with Crippen LogP contribution in [0.3, 0.4) is 0 Å². The van der Waals surface area contributed by atoms with Crippen LogP contribution in [0.1, 0.15) is 50.0 Å². The highest BCUT2D eigenvalue weighted by molar-refractivity contribution is 5.28. The molecule has 0 saturated carbocycles. The number of aromatic nitrogens is 2. The van der Waals surface area contributed by atoms with Gasteiger partial charge in [0, 0.05) is 23.9 Å². The smallest absolute Gasteiger partial charge is 0.128 e. The molecule has 1 aromatic heterocycles. The van der Waals surface area contributed by atoms with Gasteiger partial charge in [-0.05, 0) is 44.2 Å². The van der Waals surface area contributed by atoms with Gasteiger partial charge in [-0.3, -0.25) is 0 Å². The van der Waals surface area contributed by atoms with Crippen molar-refractivity contribution in [3.63, 3.8) is 0 Å². The molecule has 1 aliphatic rings. The van der Waals surface area contributed by atoms with E-state index in [1.165, 1.54) is 23.4 Å². The normalized spacial score (nSPS) is 19.1. The molecule has 1 atom stereocenters. The molecule has 0 saturated heterocycles. The van der Waals surface area contributed by atoms with Gasteiger partial charge in [0.15, 0.2) is 0 Å². The van der Waals surface area contributed by atoms with Crippen LogP contribution in [0.25, 0.3) is 0 Å². The molecular weight excluding hydrogens is 222 g/mol. The van der Waals surface area contributed by atoms with Crippen LogP contribution in [0.15, 0.2) is 0 Å². The zero-order valence-corrected chi connectivity index (χ0v) is 12.1. The average molecular weight is 247 g/mol. The summed E-state index contributed by atoms with van der Waals surface area (Å²) in [5.41, 5.74) is 3.92. The first-order valence-electron chi connectivity index (χ1n) is 7.18. The van der Waals surface area contributed by atoms with Gasteiger partial charge in [0.2, 0.25) is 0 Å². The van der Waals surface area contributed by atoms with E-state index in [1.54, 1.807) is 0 Å². The SMILES string of the molecule is CCc1nc(C)c2c(n1)CCC(CNC(C)C)C2. The summed E-state index contributed by atoms with van der Waals surface area (Å²) in [6, 6.07) is 0.575. The number of fused-ring (bicyclic) bond motifs is 1. The molecule has 1 heterocycles. The van der Waals surface area contributed by atoms with Crippen LogP contribution in [0.2, 0.25) is 0 Å². The monoisotopic (exact) mass is 247 g/mol. The van der Waals surface area contributed by atoms with Crippen molar-refractivity contribution >= 4 is 0 Å². The van der Waals surface area contributed by atoms with Crippen LogP contribution < -0.4 is 5.32 Å². The van der Waals surface area contributed by atoms with E-state index < -0.39 is 0 Å². The quantitative estimate of drug-likeness (QED) is 0.888. The molecule has 1 aromatic rings. The van der Waals surface area contributed by atoms with Gasteiger partial charge in [-0.2, -0.15) is 0 Å². The van der Waals surface area contributed by atoms with Gasteiger partial charge in [0.25, 0.3) is 0 Å². The minimum atomic E-state index is 0.575. The maximum absolute atomic E-state index is 4.69. The Morgan fingerprint density at radius 3 is 2.78 bits per heavy atom. The standard InChI is InChI=1S/C15H25N3/c1-5-15-17-11(4)13-8-12(9-16-10(2)3)6-7-14(13)18-15/h10,12,16H,5-9H2,1-4H3. The van der Waals surface area contributed by atoms with Crippen LogP contribution in [0.5, 0.6) is 0 Å². The Bertz CT molecular complexity index is 412. The first-order chi connectivity index (χ1) is 8.60. The zero-order chi connectivity index (χ0) is 13.1. The van der Waals surface area contributed by atoms with Crippen molar-refractivity contribution in [1.29, 1.82) is 0 Å². The third-order valence-electron chi connectivity index (χ3n) is 3.76. The fraction of sp³-hybridized carbons (Fsp3) is 0.733. The summed E-state index contributed by atoms with van der Waals surface area (Å²) in [7, 11) is 0. The van der Waals surface area contributed by atoms with Crippen LogP contribution in [0.4, 0.5) is 0 Å². The Balaban J connectivity index is 2.09. The predicted molar refractivity (Wildman–Crippen MR) is 74.8 cm³/mol. The topological polar surface area (TPSA) is 37.8 Å². The first kappa shape index (κ1) is 13.5. The molecule has 0 spiro atoms. The van der Waals surface area contributed by atoms with Crippen LogP contribution >= 0.6 is 0 Å². The van der Waals surface area contributed by atoms with Crippen molar-refractivity contribution in [3.05, 3.63) is 22.8 Å². The Labute approximate surface area is 110 Å². The molecule has 1 N–H and O–H groups in total. The van der Waals surface area contributed by atoms with Gasteiger partial charge < -0.3 is 5.32 Å². The average Bonchev–Trinajstić information content (AvgIpc) is 2.36. The van der Waals surface area contributed by atoms with E-state index in [0.29, 0.717) is 6.04 Å². The lowest BCUT2D eigenvalue weighted by molar-refractivity contribution is 0.401. The maximum atomic E-state index is 4.69. The molecule has 0 radical (unpaired) electrons. The number of hydrogen-bond acceptors (Lipinski definition) is 3. The van der Waals surface area contributed by atoms with Crippen LogP contribution in [-0.2, 0) is 19.3 Å². The van der Waals surface area contributed by atoms with Crippen molar-refractivity contribution in [2.45, 2.75) is 59.4 Å². The molecule has 1 aliphatic carbocycles. The fourth-order valence-electron chi connectivity index (χ4n) is 2.66. The molecular formula is C15H25N3. The summed E-state index contributed by atoms with van der Waals surface area (Å²) < 4.78 is 0. The summed E-state index contributed by atoms with van der Waals surface area (Å²) >= 11 is 0. The fourth-order valence-corrected chi connectivity index (χ4v) is 2.66. The molecule has 0 fully saturated rings. The molecule has 1 unspecified atom stereocenters. The second-order valence-electron chi connectivity index (χ2n) is 5.68. The summed E-state index contributed by atoms with van der Waals surface area (Å²) in [6.07, 6.45) is 4.46. The first-order valence-corrected chi connectivity index (χ1v) is 7.18. The number of aryl methyl sites for hydroxylation is 3. The molecule has 0 aliphatic heterocycles. The zero-order valence-electron chi connectivity index (χ0n) is 12.1. The minimum absolute atomic E-state index is 0.575. The molecule has 100 valence electrons. The highest BCUT2D eigenvalue weighted by Gasteiger charge is 2.22. The summed E-state index contributed by atoms with van der Waals surface area (Å²) in [5.74, 6) is 1.75. The Morgan fingerprint density at radius 1 is 1.33 bits per heavy atom. The van der Waals surface area contributed by atoms with E-state index in [-0.39, 0.29) is 0 Å². The number of nitrogens with one attached hydrogen (secondary N) is 1. The van der Waals surface area contributed by atoms with E-state index in [4.69, 9.17) is 4.98 Å². The van der Waals surface area contributed by atoms with Gasteiger partial charge >= 0.3 is 0 Å². The maximum Gasteiger partial charge on any atom is 0.128 e. The summed E-state index contributed by atoms with van der Waals surface area (Å²) in [6.45, 7) is 9.79. The van der Waals surface area contributed by atoms with Gasteiger partial charge in [-0.1, -0.05) is 20.8 Å². The van der Waals surface area contributed by atoms with Gasteiger partial charge in [-0.15, -0.1) is 0 Å². The third kappa shape index (κ3) is 3.08. The Hall–Kier alpha value is -0.960. The summed E-state index contributed by atoms with van der Waals surface area (Å²) in [5, 5.41) is 3.55. The highest BCUT2D eigenvalue weighted by Crippen LogP contribution is 2.26. The van der Waals surface area contributed by atoms with Gasteiger partial charge in [0.1, 0.15) is 5.82 Å². The minimum Gasteiger partial charge on any atom is -0.314 e. The lowest BCUT2D eigenvalue weighted by Crippen LogP contribution is -2.32. The molecule has 0 bridgehead atoms. The van der Waals surface area contributed by atoms with E-state index in [1.807, 2.05) is 0 Å². The second-order valence-corrected chi connectivity index (χ2v) is 5.68. The molecule has 18 heavy (non-hydrogen) atoms. The Morgan fingerprint density at radius 2 is 2.11 bits per heavy atom. The lowest BCUT2D eigenvalue weighted by Gasteiger charge is -2.26. The van der Waals surface area contributed by atoms with Crippen molar-refractivity contribution in [2.75, 3.05) is 6.54 Å². The van der Waals surface area contributed by atoms with Crippen molar-refractivity contribution in [1.82, 2.24) is 15.3 Å². The van der Waals surface area contributed by atoms with Crippen molar-refractivity contribution in [2.24, 2.45) is 5.92 Å². The van der Waals surface area contributed by atoms with E-state index >= 15 is 0 Å². The molecule has 3 nitrogen and oxygen atoms in total. The van der Waals surface area contributed by atoms with Crippen LogP contribution in [-0.4, -0.2) is 22.6 Å². The number of rotatable bonds is 4. The van der Waals surface area contributed by atoms with E-state index in [9.17, 15) is 0 Å². The molecule has 2 rings (SSSR count). The van der Waals surface area contributed by atoms with Crippen molar-refractivity contribution in [3.8, 4) is 0 Å². The molecule has 0 aromatic carbocycles. The second kappa shape index (κ2) is 5.79. The Kier molecular flexibility index (Phi) is 4.33. The molecule has 0 amide bonds.